The molecule has 5 heteroatoms. The monoisotopic (exact) mass is 312 g/mol. The second-order valence-electron chi connectivity index (χ2n) is 6.07. The number of hydrogen-bond acceptors (Lipinski definition) is 3. The smallest absolute Gasteiger partial charge is 0.165 e. The minimum absolute atomic E-state index is 0.268. The van der Waals surface area contributed by atoms with Crippen LogP contribution in [0.25, 0.3) is 0 Å². The van der Waals surface area contributed by atoms with Gasteiger partial charge in [-0.1, -0.05) is 12.1 Å². The van der Waals surface area contributed by atoms with Crippen LogP contribution in [0.2, 0.25) is 0 Å². The number of ether oxygens (including phenoxy) is 1. The number of nitrogens with zero attached hydrogens (tertiary/aromatic N) is 1. The average molecular weight is 313 g/mol. The number of para-hydroxylation sites is 1. The van der Waals surface area contributed by atoms with E-state index in [0.29, 0.717) is 23.6 Å². The number of rotatable bonds is 5. The van der Waals surface area contributed by atoms with Gasteiger partial charge in [0.25, 0.3) is 0 Å². The Balaban J connectivity index is 1.52. The molecule has 1 heterocycles. The Kier molecular flexibility index (Phi) is 4.67. The van der Waals surface area contributed by atoms with Gasteiger partial charge in [0.15, 0.2) is 11.6 Å². The van der Waals surface area contributed by atoms with Crippen LogP contribution < -0.4 is 10.1 Å². The number of halogens is 2. The maximum Gasteiger partial charge on any atom is 0.165 e. The molecule has 1 aliphatic carbocycles. The highest BCUT2D eigenvalue weighted by molar-refractivity contribution is 6.13. The van der Waals surface area contributed by atoms with E-state index in [1.165, 1.54) is 13.2 Å². The van der Waals surface area contributed by atoms with E-state index in [-0.39, 0.29) is 5.82 Å². The van der Waals surface area contributed by atoms with Gasteiger partial charge in [0, 0.05) is 30.6 Å². The van der Waals surface area contributed by atoms with Crippen LogP contribution in [-0.4, -0.2) is 37.2 Å². The van der Waals surface area contributed by atoms with Gasteiger partial charge in [0.05, 0.1) is 7.11 Å². The van der Waals surface area contributed by atoms with E-state index in [0.717, 1.165) is 44.5 Å². The summed E-state index contributed by atoms with van der Waals surface area (Å²) >= 11 is 5.97. The van der Waals surface area contributed by atoms with Gasteiger partial charge in [-0.25, -0.2) is 8.81 Å². The fourth-order valence-corrected chi connectivity index (χ4v) is 3.42. The van der Waals surface area contributed by atoms with Crippen molar-refractivity contribution < 1.29 is 9.13 Å². The molecule has 0 amide bonds. The van der Waals surface area contributed by atoms with Crippen molar-refractivity contribution in [2.75, 3.05) is 26.7 Å². The van der Waals surface area contributed by atoms with E-state index in [2.05, 4.69) is 5.32 Å². The summed E-state index contributed by atoms with van der Waals surface area (Å²) < 4.78 is 20.8. The maximum absolute atomic E-state index is 13.7. The predicted octanol–water partition coefficient (Wildman–Crippen LogP) is 3.15. The molecular formula is C16H22ClFN2O. The van der Waals surface area contributed by atoms with Gasteiger partial charge < -0.3 is 10.1 Å². The molecule has 116 valence electrons. The van der Waals surface area contributed by atoms with E-state index in [1.807, 2.05) is 10.5 Å². The van der Waals surface area contributed by atoms with Crippen LogP contribution in [0.3, 0.4) is 0 Å². The molecule has 0 spiro atoms. The lowest BCUT2D eigenvalue weighted by Crippen LogP contribution is -2.33. The summed E-state index contributed by atoms with van der Waals surface area (Å²) in [5, 5.41) is 3.62. The zero-order valence-corrected chi connectivity index (χ0v) is 13.1. The molecule has 1 aliphatic heterocycles. The zero-order chi connectivity index (χ0) is 14.8. The lowest BCUT2D eigenvalue weighted by Gasteiger charge is -2.27. The van der Waals surface area contributed by atoms with Crippen molar-refractivity contribution in [2.24, 2.45) is 5.92 Å². The molecule has 0 unspecified atom stereocenters. The van der Waals surface area contributed by atoms with Gasteiger partial charge in [-0.15, -0.1) is 0 Å². The Labute approximate surface area is 130 Å². The lowest BCUT2D eigenvalue weighted by atomic mass is 9.98. The van der Waals surface area contributed by atoms with Crippen LogP contribution in [0.4, 0.5) is 4.39 Å². The van der Waals surface area contributed by atoms with Gasteiger partial charge in [0.2, 0.25) is 0 Å². The van der Waals surface area contributed by atoms with E-state index < -0.39 is 0 Å². The molecule has 2 fully saturated rings. The average Bonchev–Trinajstić information content (AvgIpc) is 3.26. The largest absolute Gasteiger partial charge is 0.493 e. The van der Waals surface area contributed by atoms with Crippen LogP contribution in [-0.2, 0) is 0 Å². The Bertz CT molecular complexity index is 491. The number of methoxy groups -OCH3 is 1. The quantitative estimate of drug-likeness (QED) is 0.845. The van der Waals surface area contributed by atoms with Crippen molar-refractivity contribution in [3.63, 3.8) is 0 Å². The van der Waals surface area contributed by atoms with E-state index in [4.69, 9.17) is 16.5 Å². The first-order valence-electron chi connectivity index (χ1n) is 7.65. The summed E-state index contributed by atoms with van der Waals surface area (Å²) in [5.74, 6) is 1.22. The predicted molar refractivity (Wildman–Crippen MR) is 82.3 cm³/mol. The third-order valence-electron chi connectivity index (χ3n) is 4.62. The van der Waals surface area contributed by atoms with Crippen molar-refractivity contribution in [1.82, 2.24) is 9.74 Å². The first kappa shape index (κ1) is 15.1. The Morgan fingerprint density at radius 3 is 2.86 bits per heavy atom. The Morgan fingerprint density at radius 2 is 2.14 bits per heavy atom. The molecule has 2 atom stereocenters. The first-order chi connectivity index (χ1) is 10.2. The molecular weight excluding hydrogens is 291 g/mol. The van der Waals surface area contributed by atoms with Crippen molar-refractivity contribution in [1.29, 1.82) is 0 Å². The number of hydrogen-bond donors (Lipinski definition) is 1. The van der Waals surface area contributed by atoms with E-state index in [1.54, 1.807) is 6.07 Å². The SMILES string of the molecule is COc1c(F)cccc1[C@H]1C[C@@H]1NCC1CCN(Cl)CC1. The van der Waals surface area contributed by atoms with Crippen LogP contribution in [0.5, 0.6) is 5.75 Å². The fraction of sp³-hybridized carbons (Fsp3) is 0.625. The first-order valence-corrected chi connectivity index (χ1v) is 7.99. The van der Waals surface area contributed by atoms with Gasteiger partial charge in [-0.05, 0) is 49.6 Å². The fourth-order valence-electron chi connectivity index (χ4n) is 3.22. The molecule has 1 saturated heterocycles. The second kappa shape index (κ2) is 6.51. The highest BCUT2D eigenvalue weighted by Gasteiger charge is 2.40. The third kappa shape index (κ3) is 3.50. The minimum atomic E-state index is -0.268. The van der Waals surface area contributed by atoms with Gasteiger partial charge >= 0.3 is 0 Å². The van der Waals surface area contributed by atoms with Crippen molar-refractivity contribution in [2.45, 2.75) is 31.2 Å². The minimum Gasteiger partial charge on any atom is -0.493 e. The van der Waals surface area contributed by atoms with Crippen LogP contribution in [0, 0.1) is 11.7 Å². The number of nitrogens with one attached hydrogen (secondary N) is 1. The zero-order valence-electron chi connectivity index (χ0n) is 12.3. The maximum atomic E-state index is 13.7. The Morgan fingerprint density at radius 1 is 1.38 bits per heavy atom. The summed E-state index contributed by atoms with van der Waals surface area (Å²) in [7, 11) is 1.53. The van der Waals surface area contributed by atoms with Crippen molar-refractivity contribution >= 4 is 11.8 Å². The summed E-state index contributed by atoms with van der Waals surface area (Å²) in [6.45, 7) is 2.98. The standard InChI is InChI=1S/C16H22ClFN2O/c1-21-16-12(3-2-4-14(16)18)13-9-15(13)19-10-11-5-7-20(17)8-6-11/h2-4,11,13,15,19H,5-10H2,1H3/t13-,15+/m1/s1. The van der Waals surface area contributed by atoms with Crippen molar-refractivity contribution in [3.05, 3.63) is 29.6 Å². The molecule has 1 N–H and O–H groups in total. The summed E-state index contributed by atoms with van der Waals surface area (Å²) in [5.41, 5.74) is 0.991. The molecule has 21 heavy (non-hydrogen) atoms. The molecule has 1 aromatic rings. The van der Waals surface area contributed by atoms with Gasteiger partial charge in [0.1, 0.15) is 0 Å². The molecule has 1 saturated carbocycles. The summed E-state index contributed by atoms with van der Waals surface area (Å²) in [4.78, 5) is 0. The number of piperidine rings is 1. The molecule has 3 nitrogen and oxygen atoms in total. The molecule has 0 bridgehead atoms. The number of benzene rings is 1. The molecule has 3 rings (SSSR count). The third-order valence-corrected chi connectivity index (χ3v) is 4.96. The highest BCUT2D eigenvalue weighted by atomic mass is 35.5. The summed E-state index contributed by atoms with van der Waals surface area (Å²) in [6.07, 6.45) is 3.36. The molecule has 2 aliphatic rings. The van der Waals surface area contributed by atoms with Crippen LogP contribution in [0.15, 0.2) is 18.2 Å². The highest BCUT2D eigenvalue weighted by Crippen LogP contribution is 2.45. The summed E-state index contributed by atoms with van der Waals surface area (Å²) in [6, 6.07) is 5.64. The molecule has 1 aromatic carbocycles. The molecule has 0 radical (unpaired) electrons. The van der Waals surface area contributed by atoms with Gasteiger partial charge in [-0.3, -0.25) is 0 Å². The normalized spacial score (nSPS) is 26.8. The van der Waals surface area contributed by atoms with E-state index in [9.17, 15) is 4.39 Å². The van der Waals surface area contributed by atoms with E-state index >= 15 is 0 Å². The van der Waals surface area contributed by atoms with Crippen molar-refractivity contribution in [3.8, 4) is 5.75 Å². The van der Waals surface area contributed by atoms with Gasteiger partial charge in [-0.2, -0.15) is 0 Å². The molecule has 0 aromatic heterocycles. The van der Waals surface area contributed by atoms with Crippen LogP contribution in [0.1, 0.15) is 30.7 Å². The van der Waals surface area contributed by atoms with Crippen LogP contribution >= 0.6 is 11.8 Å². The second-order valence-corrected chi connectivity index (χ2v) is 6.55. The Hall–Kier alpha value is -0.840. The topological polar surface area (TPSA) is 24.5 Å². The lowest BCUT2D eigenvalue weighted by molar-refractivity contribution is 0.275.